The standard InChI is InChI=1S/C42H28O/c1-3-13-29(14-4-1)33-17-7-9-19-35(33)31-23-25-41-39(27-31)37-21-11-12-22-38(37)40-28-32(24-26-42(40)43-41)36-20-10-8-18-34(36)30-15-5-2-6-16-30/h1-28H. The molecule has 7 aromatic carbocycles. The zero-order valence-corrected chi connectivity index (χ0v) is 23.6. The SMILES string of the molecule is c1ccc(-c2ccccc2-c2ccc3c(c2)-c2ccccc2-c2cc(-c4ccccc4-c4ccccc4)ccc2O3)cc1. The molecule has 202 valence electrons. The van der Waals surface area contributed by atoms with E-state index in [1.54, 1.807) is 0 Å². The molecule has 0 atom stereocenters. The fourth-order valence-corrected chi connectivity index (χ4v) is 6.27. The van der Waals surface area contributed by atoms with Crippen LogP contribution in [0.5, 0.6) is 11.5 Å². The molecule has 0 saturated heterocycles. The number of hydrogen-bond acceptors (Lipinski definition) is 1. The van der Waals surface area contributed by atoms with E-state index in [-0.39, 0.29) is 0 Å². The summed E-state index contributed by atoms with van der Waals surface area (Å²) in [5.41, 5.74) is 14.1. The maximum absolute atomic E-state index is 6.70. The molecule has 1 heterocycles. The van der Waals surface area contributed by atoms with Crippen molar-refractivity contribution in [2.75, 3.05) is 0 Å². The molecule has 0 amide bonds. The van der Waals surface area contributed by atoms with Gasteiger partial charge >= 0.3 is 0 Å². The largest absolute Gasteiger partial charge is 0.456 e. The van der Waals surface area contributed by atoms with E-state index >= 15 is 0 Å². The molecule has 0 bridgehead atoms. The second-order valence-electron chi connectivity index (χ2n) is 10.9. The van der Waals surface area contributed by atoms with Crippen LogP contribution in [0, 0.1) is 0 Å². The molecule has 1 heteroatoms. The highest BCUT2D eigenvalue weighted by Crippen LogP contribution is 2.49. The molecule has 8 rings (SSSR count). The zero-order chi connectivity index (χ0) is 28.6. The van der Waals surface area contributed by atoms with Crippen molar-refractivity contribution in [3.8, 4) is 78.3 Å². The molecule has 0 radical (unpaired) electrons. The van der Waals surface area contributed by atoms with E-state index in [9.17, 15) is 0 Å². The zero-order valence-electron chi connectivity index (χ0n) is 23.6. The Balaban J connectivity index is 1.27. The molecule has 1 aliphatic rings. The Morgan fingerprint density at radius 2 is 0.558 bits per heavy atom. The molecule has 43 heavy (non-hydrogen) atoms. The van der Waals surface area contributed by atoms with Crippen LogP contribution < -0.4 is 4.74 Å². The molecule has 0 unspecified atom stereocenters. The molecule has 7 aromatic rings. The summed E-state index contributed by atoms with van der Waals surface area (Å²) in [6.07, 6.45) is 0. The molecule has 0 saturated carbocycles. The maximum Gasteiger partial charge on any atom is 0.135 e. The van der Waals surface area contributed by atoms with E-state index < -0.39 is 0 Å². The summed E-state index contributed by atoms with van der Waals surface area (Å²) in [4.78, 5) is 0. The first-order chi connectivity index (χ1) is 21.3. The quantitative estimate of drug-likeness (QED) is 0.212. The van der Waals surface area contributed by atoms with Crippen molar-refractivity contribution in [1.29, 1.82) is 0 Å². The number of hydrogen-bond donors (Lipinski definition) is 0. The highest BCUT2D eigenvalue weighted by molar-refractivity contribution is 5.95. The number of ether oxygens (including phenoxy) is 1. The molecular formula is C42H28O. The Kier molecular flexibility index (Phi) is 6.20. The van der Waals surface area contributed by atoms with Gasteiger partial charge in [0.25, 0.3) is 0 Å². The predicted molar refractivity (Wildman–Crippen MR) is 179 cm³/mol. The van der Waals surface area contributed by atoms with Gasteiger partial charge in [-0.3, -0.25) is 0 Å². The van der Waals surface area contributed by atoms with Crippen LogP contribution in [0.25, 0.3) is 66.8 Å². The van der Waals surface area contributed by atoms with Gasteiger partial charge in [0.15, 0.2) is 0 Å². The van der Waals surface area contributed by atoms with Crippen LogP contribution in [0.15, 0.2) is 170 Å². The maximum atomic E-state index is 6.70. The van der Waals surface area contributed by atoms with E-state index in [0.717, 1.165) is 22.6 Å². The minimum atomic E-state index is 0.865. The van der Waals surface area contributed by atoms with Crippen LogP contribution in [0.4, 0.5) is 0 Å². The van der Waals surface area contributed by atoms with Crippen LogP contribution in [-0.2, 0) is 0 Å². The summed E-state index contributed by atoms with van der Waals surface area (Å²) in [5, 5.41) is 0. The van der Waals surface area contributed by atoms with Crippen molar-refractivity contribution >= 4 is 0 Å². The highest BCUT2D eigenvalue weighted by atomic mass is 16.5. The van der Waals surface area contributed by atoms with Crippen molar-refractivity contribution in [2.24, 2.45) is 0 Å². The van der Waals surface area contributed by atoms with Crippen LogP contribution in [0.1, 0.15) is 0 Å². The molecular weight excluding hydrogens is 520 g/mol. The van der Waals surface area contributed by atoms with E-state index in [4.69, 9.17) is 4.74 Å². The molecule has 1 nitrogen and oxygen atoms in total. The van der Waals surface area contributed by atoms with Crippen molar-refractivity contribution in [3.63, 3.8) is 0 Å². The highest BCUT2D eigenvalue weighted by Gasteiger charge is 2.22. The van der Waals surface area contributed by atoms with Gasteiger partial charge in [-0.25, -0.2) is 0 Å². The second kappa shape index (κ2) is 10.6. The van der Waals surface area contributed by atoms with Gasteiger partial charge in [0.05, 0.1) is 0 Å². The Hall–Kier alpha value is -5.66. The Labute approximate surface area is 252 Å². The first kappa shape index (κ1) is 25.1. The normalized spacial score (nSPS) is 11.4. The minimum absolute atomic E-state index is 0.865. The lowest BCUT2D eigenvalue weighted by atomic mass is 9.89. The van der Waals surface area contributed by atoms with Crippen molar-refractivity contribution < 1.29 is 4.74 Å². The minimum Gasteiger partial charge on any atom is -0.456 e. The lowest BCUT2D eigenvalue weighted by Crippen LogP contribution is -1.90. The Bertz CT molecular complexity index is 1940. The third-order valence-electron chi connectivity index (χ3n) is 8.33. The molecule has 1 aliphatic heterocycles. The molecule has 0 aliphatic carbocycles. The van der Waals surface area contributed by atoms with Crippen LogP contribution in [-0.4, -0.2) is 0 Å². The van der Waals surface area contributed by atoms with Crippen molar-refractivity contribution in [1.82, 2.24) is 0 Å². The van der Waals surface area contributed by atoms with Crippen LogP contribution in [0.2, 0.25) is 0 Å². The number of benzene rings is 7. The third-order valence-corrected chi connectivity index (χ3v) is 8.33. The molecule has 0 N–H and O–H groups in total. The fourth-order valence-electron chi connectivity index (χ4n) is 6.27. The summed E-state index contributed by atoms with van der Waals surface area (Å²) in [5.74, 6) is 1.73. The fraction of sp³-hybridized carbons (Fsp3) is 0. The van der Waals surface area contributed by atoms with E-state index in [2.05, 4.69) is 170 Å². The van der Waals surface area contributed by atoms with Gasteiger partial charge in [-0.05, 0) is 79.9 Å². The van der Waals surface area contributed by atoms with E-state index in [1.807, 2.05) is 0 Å². The average Bonchev–Trinajstić information content (AvgIpc) is 3.23. The second-order valence-corrected chi connectivity index (χ2v) is 10.9. The summed E-state index contributed by atoms with van der Waals surface area (Å²) in [7, 11) is 0. The smallest absolute Gasteiger partial charge is 0.135 e. The van der Waals surface area contributed by atoms with Crippen molar-refractivity contribution in [2.45, 2.75) is 0 Å². The summed E-state index contributed by atoms with van der Waals surface area (Å²) in [6, 6.07) is 60.3. The molecule has 0 aromatic heterocycles. The van der Waals surface area contributed by atoms with Crippen molar-refractivity contribution in [3.05, 3.63) is 170 Å². The lowest BCUT2D eigenvalue weighted by molar-refractivity contribution is 0.488. The molecule has 0 spiro atoms. The number of rotatable bonds is 4. The lowest BCUT2D eigenvalue weighted by Gasteiger charge is -2.14. The van der Waals surface area contributed by atoms with Gasteiger partial charge in [0.2, 0.25) is 0 Å². The summed E-state index contributed by atoms with van der Waals surface area (Å²) in [6.45, 7) is 0. The Morgan fingerprint density at radius 3 is 0.953 bits per heavy atom. The Morgan fingerprint density at radius 1 is 0.233 bits per heavy atom. The van der Waals surface area contributed by atoms with Gasteiger partial charge in [0.1, 0.15) is 11.5 Å². The first-order valence-corrected chi connectivity index (χ1v) is 14.7. The van der Waals surface area contributed by atoms with E-state index in [1.165, 1.54) is 55.6 Å². The summed E-state index contributed by atoms with van der Waals surface area (Å²) < 4.78 is 6.70. The van der Waals surface area contributed by atoms with Gasteiger partial charge < -0.3 is 4.74 Å². The van der Waals surface area contributed by atoms with Gasteiger partial charge in [0, 0.05) is 11.1 Å². The van der Waals surface area contributed by atoms with Gasteiger partial charge in [-0.15, -0.1) is 0 Å². The summed E-state index contributed by atoms with van der Waals surface area (Å²) >= 11 is 0. The third kappa shape index (κ3) is 4.52. The van der Waals surface area contributed by atoms with Crippen LogP contribution >= 0.6 is 0 Å². The van der Waals surface area contributed by atoms with Gasteiger partial charge in [-0.1, -0.05) is 146 Å². The predicted octanol–water partition coefficient (Wildman–Crippen LogP) is 11.8. The van der Waals surface area contributed by atoms with E-state index in [0.29, 0.717) is 0 Å². The van der Waals surface area contributed by atoms with Crippen LogP contribution in [0.3, 0.4) is 0 Å². The first-order valence-electron chi connectivity index (χ1n) is 14.7. The average molecular weight is 549 g/mol. The molecule has 0 fully saturated rings. The number of fused-ring (bicyclic) bond motifs is 5. The van der Waals surface area contributed by atoms with Gasteiger partial charge in [-0.2, -0.15) is 0 Å². The monoisotopic (exact) mass is 548 g/mol. The topological polar surface area (TPSA) is 9.23 Å².